The van der Waals surface area contributed by atoms with Gasteiger partial charge in [0.25, 0.3) is 6.43 Å². The van der Waals surface area contributed by atoms with Crippen LogP contribution in [0.2, 0.25) is 0 Å². The van der Waals surface area contributed by atoms with Crippen LogP contribution in [0.4, 0.5) is 8.78 Å². The van der Waals surface area contributed by atoms with Crippen molar-refractivity contribution in [1.29, 1.82) is 0 Å². The lowest BCUT2D eigenvalue weighted by molar-refractivity contribution is 0.151. The van der Waals surface area contributed by atoms with Gasteiger partial charge in [-0.25, -0.2) is 8.78 Å². The van der Waals surface area contributed by atoms with Gasteiger partial charge >= 0.3 is 0 Å². The minimum absolute atomic E-state index is 0.120. The number of nitrogens with one attached hydrogen (secondary N) is 1. The summed E-state index contributed by atoms with van der Waals surface area (Å²) in [6.07, 6.45) is -0.0132. The SMILES string of the molecule is CNC1CCCN(Cc2cccc(C(F)F)c2)C1. The molecule has 18 heavy (non-hydrogen) atoms. The molecule has 1 heterocycles. The summed E-state index contributed by atoms with van der Waals surface area (Å²) in [6, 6.07) is 7.27. The molecule has 1 aliphatic rings. The molecule has 0 spiro atoms. The summed E-state index contributed by atoms with van der Waals surface area (Å²) in [5.74, 6) is 0. The average Bonchev–Trinajstić information content (AvgIpc) is 2.39. The van der Waals surface area contributed by atoms with E-state index in [9.17, 15) is 8.78 Å². The molecule has 2 rings (SSSR count). The average molecular weight is 254 g/mol. The summed E-state index contributed by atoms with van der Waals surface area (Å²) >= 11 is 0. The molecule has 4 heteroatoms. The van der Waals surface area contributed by atoms with Crippen LogP contribution < -0.4 is 5.32 Å². The molecular weight excluding hydrogens is 234 g/mol. The fourth-order valence-corrected chi connectivity index (χ4v) is 2.52. The van der Waals surface area contributed by atoms with E-state index >= 15 is 0 Å². The van der Waals surface area contributed by atoms with E-state index in [1.54, 1.807) is 12.1 Å². The number of benzene rings is 1. The highest BCUT2D eigenvalue weighted by Crippen LogP contribution is 2.21. The zero-order valence-corrected chi connectivity index (χ0v) is 10.7. The van der Waals surface area contributed by atoms with Crippen LogP contribution in [0.1, 0.15) is 30.4 Å². The molecule has 1 N–H and O–H groups in total. The van der Waals surface area contributed by atoms with Gasteiger partial charge in [0.2, 0.25) is 0 Å². The molecule has 0 radical (unpaired) electrons. The fraction of sp³-hybridized carbons (Fsp3) is 0.571. The summed E-state index contributed by atoms with van der Waals surface area (Å²) in [5, 5.41) is 3.29. The van der Waals surface area contributed by atoms with Crippen LogP contribution in [-0.4, -0.2) is 31.1 Å². The van der Waals surface area contributed by atoms with Crippen molar-refractivity contribution in [2.45, 2.75) is 31.9 Å². The normalized spacial score (nSPS) is 21.4. The molecule has 1 saturated heterocycles. The van der Waals surface area contributed by atoms with Crippen molar-refractivity contribution in [2.75, 3.05) is 20.1 Å². The Hall–Kier alpha value is -1.00. The summed E-state index contributed by atoms with van der Waals surface area (Å²) in [6.45, 7) is 2.81. The zero-order valence-electron chi connectivity index (χ0n) is 10.7. The Kier molecular flexibility index (Phi) is 4.66. The maximum atomic E-state index is 12.6. The molecule has 1 unspecified atom stereocenters. The van der Waals surface area contributed by atoms with Crippen LogP contribution in [0.5, 0.6) is 0 Å². The molecule has 1 fully saturated rings. The van der Waals surface area contributed by atoms with Crippen LogP contribution in [0.25, 0.3) is 0 Å². The summed E-state index contributed by atoms with van der Waals surface area (Å²) in [7, 11) is 1.98. The highest BCUT2D eigenvalue weighted by atomic mass is 19.3. The van der Waals surface area contributed by atoms with E-state index in [1.165, 1.54) is 18.9 Å². The first-order chi connectivity index (χ1) is 8.69. The largest absolute Gasteiger partial charge is 0.316 e. The number of likely N-dealkylation sites (tertiary alicyclic amines) is 1. The second-order valence-corrected chi connectivity index (χ2v) is 4.91. The van der Waals surface area contributed by atoms with Crippen molar-refractivity contribution in [3.8, 4) is 0 Å². The summed E-state index contributed by atoms with van der Waals surface area (Å²) in [5.41, 5.74) is 1.10. The Morgan fingerprint density at radius 3 is 3.00 bits per heavy atom. The zero-order chi connectivity index (χ0) is 13.0. The van der Waals surface area contributed by atoms with E-state index in [1.807, 2.05) is 13.1 Å². The molecule has 1 aliphatic heterocycles. The lowest BCUT2D eigenvalue weighted by atomic mass is 10.0. The fourth-order valence-electron chi connectivity index (χ4n) is 2.52. The van der Waals surface area contributed by atoms with Crippen molar-refractivity contribution in [3.63, 3.8) is 0 Å². The summed E-state index contributed by atoms with van der Waals surface area (Å²) < 4.78 is 25.2. The number of hydrogen-bond acceptors (Lipinski definition) is 2. The molecule has 1 aromatic carbocycles. The van der Waals surface area contributed by atoms with Gasteiger partial charge in [-0.05, 0) is 38.1 Å². The minimum Gasteiger partial charge on any atom is -0.316 e. The lowest BCUT2D eigenvalue weighted by Crippen LogP contribution is -2.43. The van der Waals surface area contributed by atoms with E-state index < -0.39 is 6.43 Å². The van der Waals surface area contributed by atoms with Gasteiger partial charge in [0.1, 0.15) is 0 Å². The molecular formula is C14H20F2N2. The predicted molar refractivity (Wildman–Crippen MR) is 68.8 cm³/mol. The second-order valence-electron chi connectivity index (χ2n) is 4.91. The number of likely N-dealkylation sites (N-methyl/N-ethyl adjacent to an activating group) is 1. The number of piperidine rings is 1. The van der Waals surface area contributed by atoms with Crippen molar-refractivity contribution in [2.24, 2.45) is 0 Å². The van der Waals surface area contributed by atoms with Gasteiger partial charge in [-0.15, -0.1) is 0 Å². The summed E-state index contributed by atoms with van der Waals surface area (Å²) in [4.78, 5) is 2.33. The molecule has 0 amide bonds. The Labute approximate surface area is 107 Å². The van der Waals surface area contributed by atoms with Crippen molar-refractivity contribution < 1.29 is 8.78 Å². The van der Waals surface area contributed by atoms with Crippen LogP contribution in [-0.2, 0) is 6.54 Å². The predicted octanol–water partition coefficient (Wildman–Crippen LogP) is 2.81. The van der Waals surface area contributed by atoms with E-state index in [4.69, 9.17) is 0 Å². The van der Waals surface area contributed by atoms with Crippen LogP contribution >= 0.6 is 0 Å². The molecule has 2 nitrogen and oxygen atoms in total. The Morgan fingerprint density at radius 1 is 1.44 bits per heavy atom. The molecule has 0 bridgehead atoms. The lowest BCUT2D eigenvalue weighted by Gasteiger charge is -2.32. The van der Waals surface area contributed by atoms with Crippen molar-refractivity contribution in [3.05, 3.63) is 35.4 Å². The van der Waals surface area contributed by atoms with E-state index in [-0.39, 0.29) is 5.56 Å². The van der Waals surface area contributed by atoms with Crippen molar-refractivity contribution in [1.82, 2.24) is 10.2 Å². The molecule has 1 atom stereocenters. The smallest absolute Gasteiger partial charge is 0.263 e. The number of hydrogen-bond donors (Lipinski definition) is 1. The number of alkyl halides is 2. The first-order valence-corrected chi connectivity index (χ1v) is 6.45. The monoisotopic (exact) mass is 254 g/mol. The van der Waals surface area contributed by atoms with Gasteiger partial charge in [-0.3, -0.25) is 4.90 Å². The van der Waals surface area contributed by atoms with Gasteiger partial charge in [-0.2, -0.15) is 0 Å². The first kappa shape index (κ1) is 13.4. The Balaban J connectivity index is 1.98. The number of nitrogens with zero attached hydrogens (tertiary/aromatic N) is 1. The molecule has 0 aromatic heterocycles. The highest BCUT2D eigenvalue weighted by Gasteiger charge is 2.18. The maximum Gasteiger partial charge on any atom is 0.263 e. The van der Waals surface area contributed by atoms with Gasteiger partial charge in [-0.1, -0.05) is 18.2 Å². The third-order valence-corrected chi connectivity index (χ3v) is 3.52. The molecule has 100 valence electrons. The van der Waals surface area contributed by atoms with E-state index in [0.29, 0.717) is 6.04 Å². The Bertz CT molecular complexity index is 382. The third-order valence-electron chi connectivity index (χ3n) is 3.52. The molecule has 1 aromatic rings. The topological polar surface area (TPSA) is 15.3 Å². The van der Waals surface area contributed by atoms with E-state index in [2.05, 4.69) is 10.2 Å². The van der Waals surface area contributed by atoms with Gasteiger partial charge in [0.15, 0.2) is 0 Å². The van der Waals surface area contributed by atoms with Crippen LogP contribution in [0.15, 0.2) is 24.3 Å². The van der Waals surface area contributed by atoms with Gasteiger partial charge < -0.3 is 5.32 Å². The third kappa shape index (κ3) is 3.50. The first-order valence-electron chi connectivity index (χ1n) is 6.45. The second kappa shape index (κ2) is 6.25. The molecule has 0 saturated carbocycles. The van der Waals surface area contributed by atoms with Crippen molar-refractivity contribution >= 4 is 0 Å². The highest BCUT2D eigenvalue weighted by molar-refractivity contribution is 5.24. The quantitative estimate of drug-likeness (QED) is 0.889. The molecule has 0 aliphatic carbocycles. The maximum absolute atomic E-state index is 12.6. The number of rotatable bonds is 4. The minimum atomic E-state index is -2.38. The van der Waals surface area contributed by atoms with Gasteiger partial charge in [0, 0.05) is 24.7 Å². The Morgan fingerprint density at radius 2 is 2.28 bits per heavy atom. The van der Waals surface area contributed by atoms with Crippen LogP contribution in [0, 0.1) is 0 Å². The standard InChI is InChI=1S/C14H20F2N2/c1-17-13-6-3-7-18(10-13)9-11-4-2-5-12(8-11)14(15)16/h2,4-5,8,13-14,17H,3,6-7,9-10H2,1H3. The number of halogens is 2. The van der Waals surface area contributed by atoms with E-state index in [0.717, 1.165) is 25.2 Å². The van der Waals surface area contributed by atoms with Crippen LogP contribution in [0.3, 0.4) is 0 Å². The van der Waals surface area contributed by atoms with Gasteiger partial charge in [0.05, 0.1) is 0 Å².